The summed E-state index contributed by atoms with van der Waals surface area (Å²) < 4.78 is 0. The van der Waals surface area contributed by atoms with Gasteiger partial charge in [0.15, 0.2) is 0 Å². The molecule has 2 rings (SSSR count). The highest BCUT2D eigenvalue weighted by atomic mass is 16.1. The van der Waals surface area contributed by atoms with Crippen LogP contribution >= 0.6 is 0 Å². The van der Waals surface area contributed by atoms with Crippen LogP contribution in [0.2, 0.25) is 0 Å². The zero-order valence-corrected chi connectivity index (χ0v) is 9.85. The van der Waals surface area contributed by atoms with Crippen LogP contribution < -0.4 is 0 Å². The molecule has 2 aliphatic rings. The lowest BCUT2D eigenvalue weighted by molar-refractivity contribution is -0.127. The Morgan fingerprint density at radius 3 is 2.60 bits per heavy atom. The number of carbonyl (C=O) groups excluding carboxylic acids is 1. The summed E-state index contributed by atoms with van der Waals surface area (Å²) in [4.78, 5) is 11.5. The second-order valence-corrected chi connectivity index (χ2v) is 5.00. The minimum atomic E-state index is 0.358. The van der Waals surface area contributed by atoms with Crippen molar-refractivity contribution in [2.45, 2.75) is 64.7 Å². The SMILES string of the molecule is CCCCC1=C(C2CCC2=O)CCCC1. The van der Waals surface area contributed by atoms with Gasteiger partial charge >= 0.3 is 0 Å². The van der Waals surface area contributed by atoms with E-state index in [9.17, 15) is 4.79 Å². The molecule has 0 aromatic rings. The standard InChI is InChI=1S/C14H22O/c1-2-3-6-11-7-4-5-8-12(11)13-9-10-14(13)15/h13H,2-10H2,1H3. The molecule has 0 bridgehead atoms. The topological polar surface area (TPSA) is 17.1 Å². The van der Waals surface area contributed by atoms with Crippen molar-refractivity contribution in [3.05, 3.63) is 11.1 Å². The van der Waals surface area contributed by atoms with Crippen LogP contribution in [0.25, 0.3) is 0 Å². The maximum Gasteiger partial charge on any atom is 0.140 e. The highest BCUT2D eigenvalue weighted by molar-refractivity contribution is 5.89. The van der Waals surface area contributed by atoms with Crippen LogP contribution in [0.4, 0.5) is 0 Å². The number of hydrogen-bond acceptors (Lipinski definition) is 1. The van der Waals surface area contributed by atoms with Gasteiger partial charge in [-0.15, -0.1) is 0 Å². The molecule has 1 atom stereocenters. The van der Waals surface area contributed by atoms with Crippen molar-refractivity contribution in [3.8, 4) is 0 Å². The molecular weight excluding hydrogens is 184 g/mol. The maximum absolute atomic E-state index is 11.5. The van der Waals surface area contributed by atoms with Crippen LogP contribution in [-0.2, 0) is 4.79 Å². The summed E-state index contributed by atoms with van der Waals surface area (Å²) in [5.41, 5.74) is 3.21. The monoisotopic (exact) mass is 206 g/mol. The van der Waals surface area contributed by atoms with Crippen molar-refractivity contribution in [3.63, 3.8) is 0 Å². The van der Waals surface area contributed by atoms with Gasteiger partial charge in [-0.25, -0.2) is 0 Å². The molecule has 1 unspecified atom stereocenters. The molecule has 0 saturated heterocycles. The van der Waals surface area contributed by atoms with E-state index < -0.39 is 0 Å². The Kier molecular flexibility index (Phi) is 3.61. The van der Waals surface area contributed by atoms with Crippen molar-refractivity contribution in [2.24, 2.45) is 5.92 Å². The van der Waals surface area contributed by atoms with Crippen LogP contribution in [0.5, 0.6) is 0 Å². The molecule has 0 radical (unpaired) electrons. The molecule has 1 saturated carbocycles. The van der Waals surface area contributed by atoms with E-state index >= 15 is 0 Å². The predicted molar refractivity (Wildman–Crippen MR) is 62.8 cm³/mol. The summed E-state index contributed by atoms with van der Waals surface area (Å²) >= 11 is 0. The number of allylic oxidation sites excluding steroid dienone is 2. The molecule has 15 heavy (non-hydrogen) atoms. The maximum atomic E-state index is 11.5. The van der Waals surface area contributed by atoms with Gasteiger partial charge in [-0.3, -0.25) is 4.79 Å². The summed E-state index contributed by atoms with van der Waals surface area (Å²) in [5, 5.41) is 0. The number of hydrogen-bond donors (Lipinski definition) is 0. The third kappa shape index (κ3) is 2.32. The number of carbonyl (C=O) groups is 1. The van der Waals surface area contributed by atoms with Crippen molar-refractivity contribution in [1.29, 1.82) is 0 Å². The Balaban J connectivity index is 2.07. The molecule has 0 heterocycles. The summed E-state index contributed by atoms with van der Waals surface area (Å²) in [5.74, 6) is 0.873. The van der Waals surface area contributed by atoms with Gasteiger partial charge in [-0.05, 0) is 44.9 Å². The molecule has 0 aromatic carbocycles. The normalized spacial score (nSPS) is 26.7. The highest BCUT2D eigenvalue weighted by Gasteiger charge is 2.33. The van der Waals surface area contributed by atoms with E-state index in [4.69, 9.17) is 0 Å². The van der Waals surface area contributed by atoms with Crippen molar-refractivity contribution >= 4 is 5.78 Å². The molecule has 0 amide bonds. The van der Waals surface area contributed by atoms with E-state index in [1.54, 1.807) is 11.1 Å². The van der Waals surface area contributed by atoms with Gasteiger partial charge in [-0.2, -0.15) is 0 Å². The second kappa shape index (κ2) is 4.96. The van der Waals surface area contributed by atoms with Gasteiger partial charge in [0.1, 0.15) is 5.78 Å². The average Bonchev–Trinajstić information content (AvgIpc) is 2.26. The molecule has 1 nitrogen and oxygen atoms in total. The largest absolute Gasteiger partial charge is 0.299 e. The van der Waals surface area contributed by atoms with Gasteiger partial charge in [0, 0.05) is 12.3 Å². The minimum Gasteiger partial charge on any atom is -0.299 e. The minimum absolute atomic E-state index is 0.358. The smallest absolute Gasteiger partial charge is 0.140 e. The second-order valence-electron chi connectivity index (χ2n) is 5.00. The van der Waals surface area contributed by atoms with E-state index in [2.05, 4.69) is 6.92 Å². The number of ketones is 1. The Morgan fingerprint density at radius 2 is 2.00 bits per heavy atom. The fraction of sp³-hybridized carbons (Fsp3) is 0.786. The fourth-order valence-electron chi connectivity index (χ4n) is 2.86. The Bertz CT molecular complexity index is 275. The average molecular weight is 206 g/mol. The van der Waals surface area contributed by atoms with Crippen LogP contribution in [0.15, 0.2) is 11.1 Å². The van der Waals surface area contributed by atoms with Gasteiger partial charge in [0.2, 0.25) is 0 Å². The number of rotatable bonds is 4. The summed E-state index contributed by atoms with van der Waals surface area (Å²) in [6, 6.07) is 0. The van der Waals surface area contributed by atoms with Crippen molar-refractivity contribution < 1.29 is 4.79 Å². The molecule has 1 fully saturated rings. The first-order valence-electron chi connectivity index (χ1n) is 6.56. The molecule has 0 aliphatic heterocycles. The predicted octanol–water partition coefficient (Wildman–Crippen LogP) is 4.03. The van der Waals surface area contributed by atoms with E-state index in [0.717, 1.165) is 12.8 Å². The first kappa shape index (κ1) is 10.9. The fourth-order valence-corrected chi connectivity index (χ4v) is 2.86. The lowest BCUT2D eigenvalue weighted by atomic mass is 9.72. The van der Waals surface area contributed by atoms with Gasteiger partial charge in [-0.1, -0.05) is 24.5 Å². The van der Waals surface area contributed by atoms with Gasteiger partial charge < -0.3 is 0 Å². The molecular formula is C14H22O. The Hall–Kier alpha value is -0.590. The van der Waals surface area contributed by atoms with Crippen molar-refractivity contribution in [2.75, 3.05) is 0 Å². The van der Waals surface area contributed by atoms with Crippen LogP contribution in [-0.4, -0.2) is 5.78 Å². The Labute approximate surface area is 92.9 Å². The summed E-state index contributed by atoms with van der Waals surface area (Å²) in [6.07, 6.45) is 11.0. The Morgan fingerprint density at radius 1 is 1.20 bits per heavy atom. The van der Waals surface area contributed by atoms with E-state index in [1.807, 2.05) is 0 Å². The summed E-state index contributed by atoms with van der Waals surface area (Å²) in [7, 11) is 0. The van der Waals surface area contributed by atoms with Crippen LogP contribution in [0.1, 0.15) is 64.7 Å². The van der Waals surface area contributed by atoms with Gasteiger partial charge in [0.05, 0.1) is 0 Å². The zero-order chi connectivity index (χ0) is 10.7. The van der Waals surface area contributed by atoms with Crippen molar-refractivity contribution in [1.82, 2.24) is 0 Å². The van der Waals surface area contributed by atoms with E-state index in [0.29, 0.717) is 11.7 Å². The quantitative estimate of drug-likeness (QED) is 0.635. The van der Waals surface area contributed by atoms with Gasteiger partial charge in [0.25, 0.3) is 0 Å². The molecule has 2 aliphatic carbocycles. The third-order valence-electron chi connectivity index (χ3n) is 3.95. The molecule has 0 spiro atoms. The lowest BCUT2D eigenvalue weighted by Gasteiger charge is -2.32. The molecule has 0 N–H and O–H groups in total. The third-order valence-corrected chi connectivity index (χ3v) is 3.95. The van der Waals surface area contributed by atoms with Crippen LogP contribution in [0, 0.1) is 5.92 Å². The lowest BCUT2D eigenvalue weighted by Crippen LogP contribution is -2.29. The number of Topliss-reactive ketones (excluding diaryl/α,β-unsaturated/α-hetero) is 1. The number of unbranched alkanes of at least 4 members (excludes halogenated alkanes) is 1. The van der Waals surface area contributed by atoms with Crippen LogP contribution in [0.3, 0.4) is 0 Å². The summed E-state index contributed by atoms with van der Waals surface area (Å²) in [6.45, 7) is 2.25. The zero-order valence-electron chi connectivity index (χ0n) is 9.85. The molecule has 1 heteroatoms. The first-order valence-corrected chi connectivity index (χ1v) is 6.56. The first-order chi connectivity index (χ1) is 7.33. The van der Waals surface area contributed by atoms with E-state index in [1.165, 1.54) is 44.9 Å². The molecule has 0 aromatic heterocycles. The molecule has 84 valence electrons. The van der Waals surface area contributed by atoms with E-state index in [-0.39, 0.29) is 0 Å². The highest BCUT2D eigenvalue weighted by Crippen LogP contribution is 2.39.